The summed E-state index contributed by atoms with van der Waals surface area (Å²) in [5.74, 6) is -0.205. The van der Waals surface area contributed by atoms with Crippen LogP contribution in [-0.2, 0) is 4.79 Å². The molecule has 162 valence electrons. The largest absolute Gasteiger partial charge is 0.494 e. The van der Waals surface area contributed by atoms with E-state index in [1.165, 1.54) is 15.7 Å². The van der Waals surface area contributed by atoms with E-state index in [2.05, 4.69) is 10.1 Å². The number of hydrogen-bond acceptors (Lipinski definition) is 6. The molecule has 0 fully saturated rings. The molecule has 0 aliphatic carbocycles. The molecule has 1 amide bonds. The second kappa shape index (κ2) is 8.64. The quantitative estimate of drug-likeness (QED) is 0.457. The molecule has 8 nitrogen and oxygen atoms in total. The summed E-state index contributed by atoms with van der Waals surface area (Å²) in [5.41, 5.74) is 1.00. The van der Waals surface area contributed by atoms with Crippen molar-refractivity contribution in [2.24, 2.45) is 5.10 Å². The molecular weight excluding hydrogens is 428 g/mol. The van der Waals surface area contributed by atoms with Crippen LogP contribution in [0.4, 0.5) is 5.69 Å². The van der Waals surface area contributed by atoms with Gasteiger partial charge in [-0.25, -0.2) is 0 Å². The number of anilines is 1. The van der Waals surface area contributed by atoms with Crippen LogP contribution in [0.25, 0.3) is 11.8 Å². The number of hydrogen-bond donors (Lipinski definition) is 2. The van der Waals surface area contributed by atoms with Crippen LogP contribution in [0, 0.1) is 4.77 Å². The summed E-state index contributed by atoms with van der Waals surface area (Å²) in [5, 5.41) is 16.5. The number of nitrogens with one attached hydrogen (secondary N) is 1. The zero-order valence-electron chi connectivity index (χ0n) is 17.4. The molecule has 0 saturated carbocycles. The fourth-order valence-electron chi connectivity index (χ4n) is 3.36. The maximum Gasteiger partial charge on any atom is 0.280 e. The van der Waals surface area contributed by atoms with Crippen molar-refractivity contribution in [1.29, 1.82) is 0 Å². The number of rotatable bonds is 5. The van der Waals surface area contributed by atoms with Crippen LogP contribution in [0.3, 0.4) is 0 Å². The van der Waals surface area contributed by atoms with Crippen LogP contribution in [0.1, 0.15) is 19.4 Å². The van der Waals surface area contributed by atoms with Crippen LogP contribution in [-0.4, -0.2) is 32.9 Å². The summed E-state index contributed by atoms with van der Waals surface area (Å²) in [6, 6.07) is 15.9. The fourth-order valence-corrected chi connectivity index (χ4v) is 3.64. The molecule has 2 heterocycles. The minimum Gasteiger partial charge on any atom is -0.494 e. The molecule has 0 unspecified atom stereocenters. The third-order valence-electron chi connectivity index (χ3n) is 4.86. The number of carbonyl (C=O) groups is 1. The first kappa shape index (κ1) is 21.3. The Hall–Kier alpha value is -3.98. The van der Waals surface area contributed by atoms with Crippen molar-refractivity contribution in [2.75, 3.05) is 11.6 Å². The van der Waals surface area contributed by atoms with Gasteiger partial charge in [-0.15, -0.1) is 0 Å². The van der Waals surface area contributed by atoms with E-state index in [0.717, 1.165) is 0 Å². The number of ether oxygens (including phenoxy) is 1. The molecule has 2 aromatic carbocycles. The summed E-state index contributed by atoms with van der Waals surface area (Å²) in [7, 11) is 0. The van der Waals surface area contributed by atoms with Gasteiger partial charge in [-0.1, -0.05) is 24.3 Å². The zero-order valence-corrected chi connectivity index (χ0v) is 18.2. The van der Waals surface area contributed by atoms with Crippen molar-refractivity contribution in [3.8, 4) is 17.3 Å². The summed E-state index contributed by atoms with van der Waals surface area (Å²) in [6.45, 7) is 4.00. The van der Waals surface area contributed by atoms with Crippen molar-refractivity contribution < 1.29 is 14.6 Å². The van der Waals surface area contributed by atoms with E-state index in [1.807, 2.05) is 13.0 Å². The number of aromatic nitrogens is 2. The molecule has 3 aromatic rings. The van der Waals surface area contributed by atoms with Gasteiger partial charge in [0.25, 0.3) is 11.5 Å². The van der Waals surface area contributed by atoms with Gasteiger partial charge in [0.05, 0.1) is 29.3 Å². The van der Waals surface area contributed by atoms with Gasteiger partial charge in [0.15, 0.2) is 4.77 Å². The maximum atomic E-state index is 13.0. The van der Waals surface area contributed by atoms with E-state index in [0.29, 0.717) is 29.4 Å². The fraction of sp³-hybridized carbons (Fsp3) is 0.130. The number of carbonyl (C=O) groups excluding carboxylic acids is 1. The minimum absolute atomic E-state index is 0.0114. The second-order valence-corrected chi connectivity index (χ2v) is 7.34. The molecular formula is C23H20N4O4S. The van der Waals surface area contributed by atoms with Crippen LogP contribution < -0.4 is 15.3 Å². The summed E-state index contributed by atoms with van der Waals surface area (Å²) in [6.07, 6.45) is 1.33. The Morgan fingerprint density at radius 1 is 1.12 bits per heavy atom. The minimum atomic E-state index is -0.615. The number of aromatic amines is 1. The molecule has 1 aliphatic rings. The molecule has 2 N–H and O–H groups in total. The monoisotopic (exact) mass is 448 g/mol. The Morgan fingerprint density at radius 3 is 2.56 bits per heavy atom. The molecule has 0 radical (unpaired) electrons. The molecule has 4 rings (SSSR count). The van der Waals surface area contributed by atoms with E-state index < -0.39 is 17.3 Å². The predicted octanol–water partition coefficient (Wildman–Crippen LogP) is 3.81. The normalized spacial score (nSPS) is 14.7. The van der Waals surface area contributed by atoms with Crippen molar-refractivity contribution in [3.05, 3.63) is 80.9 Å². The highest BCUT2D eigenvalue weighted by atomic mass is 32.1. The van der Waals surface area contributed by atoms with Crippen LogP contribution in [0.5, 0.6) is 11.6 Å². The first-order chi connectivity index (χ1) is 15.4. The summed E-state index contributed by atoms with van der Waals surface area (Å²) in [4.78, 5) is 28.2. The second-order valence-electron chi connectivity index (χ2n) is 6.96. The van der Waals surface area contributed by atoms with E-state index in [4.69, 9.17) is 17.0 Å². The number of hydrazone groups is 1. The number of benzene rings is 2. The van der Waals surface area contributed by atoms with Gasteiger partial charge in [-0.05, 0) is 56.4 Å². The van der Waals surface area contributed by atoms with Crippen molar-refractivity contribution in [1.82, 2.24) is 9.55 Å². The number of nitrogens with zero attached hydrogens (tertiary/aromatic N) is 3. The smallest absolute Gasteiger partial charge is 0.280 e. The van der Waals surface area contributed by atoms with Crippen molar-refractivity contribution in [2.45, 2.75) is 13.8 Å². The molecule has 0 saturated heterocycles. The topological polar surface area (TPSA) is 99.9 Å². The highest BCUT2D eigenvalue weighted by Crippen LogP contribution is 2.28. The Balaban J connectivity index is 1.81. The standard InChI is InChI=1S/C23H20N4O4S/c1-3-31-17-11-7-10-16(12-17)26-21(29)19(20(28)24-23(26)32)13-18-14(2)25-27(22(18)30)15-8-5-4-6-9-15/h4-13,29H,3H2,1-2H3,(H,24,28,32)/b18-13+. The molecule has 9 heteroatoms. The van der Waals surface area contributed by atoms with Gasteiger partial charge < -0.3 is 9.84 Å². The lowest BCUT2D eigenvalue weighted by atomic mass is 10.1. The zero-order chi connectivity index (χ0) is 22.8. The van der Waals surface area contributed by atoms with E-state index in [-0.39, 0.29) is 15.9 Å². The first-order valence-corrected chi connectivity index (χ1v) is 10.3. The van der Waals surface area contributed by atoms with Crippen LogP contribution in [0.2, 0.25) is 0 Å². The van der Waals surface area contributed by atoms with E-state index in [1.54, 1.807) is 55.5 Å². The third kappa shape index (κ3) is 3.85. The highest BCUT2D eigenvalue weighted by Gasteiger charge is 2.29. The van der Waals surface area contributed by atoms with Gasteiger partial charge in [0, 0.05) is 6.07 Å². The molecule has 1 aromatic heterocycles. The lowest BCUT2D eigenvalue weighted by Crippen LogP contribution is -2.22. The van der Waals surface area contributed by atoms with Gasteiger partial charge >= 0.3 is 0 Å². The molecule has 0 spiro atoms. The van der Waals surface area contributed by atoms with E-state index >= 15 is 0 Å². The lowest BCUT2D eigenvalue weighted by molar-refractivity contribution is -0.114. The molecule has 1 aliphatic heterocycles. The number of aromatic hydroxyl groups is 1. The lowest BCUT2D eigenvalue weighted by Gasteiger charge is -2.13. The Morgan fingerprint density at radius 2 is 1.84 bits per heavy atom. The Bertz CT molecular complexity index is 1370. The summed E-state index contributed by atoms with van der Waals surface area (Å²) >= 11 is 5.28. The van der Waals surface area contributed by atoms with Crippen LogP contribution in [0.15, 0.2) is 70.1 Å². The highest BCUT2D eigenvalue weighted by molar-refractivity contribution is 7.71. The predicted molar refractivity (Wildman–Crippen MR) is 125 cm³/mol. The Labute approximate surface area is 188 Å². The number of H-pyrrole nitrogens is 1. The Kier molecular flexibility index (Phi) is 5.74. The average molecular weight is 449 g/mol. The van der Waals surface area contributed by atoms with Gasteiger partial charge in [-0.2, -0.15) is 10.1 Å². The average Bonchev–Trinajstić information content (AvgIpc) is 3.05. The molecule has 0 atom stereocenters. The van der Waals surface area contributed by atoms with Gasteiger partial charge in [0.2, 0.25) is 5.88 Å². The molecule has 32 heavy (non-hydrogen) atoms. The van der Waals surface area contributed by atoms with Gasteiger partial charge in [-0.3, -0.25) is 19.1 Å². The third-order valence-corrected chi connectivity index (χ3v) is 5.14. The number of para-hydroxylation sites is 1. The van der Waals surface area contributed by atoms with Gasteiger partial charge in [0.1, 0.15) is 11.3 Å². The first-order valence-electron chi connectivity index (χ1n) is 9.89. The maximum absolute atomic E-state index is 13.0. The van der Waals surface area contributed by atoms with Crippen LogP contribution >= 0.6 is 12.2 Å². The van der Waals surface area contributed by atoms with Crippen molar-refractivity contribution in [3.63, 3.8) is 0 Å². The van der Waals surface area contributed by atoms with E-state index in [9.17, 15) is 14.7 Å². The molecule has 0 bridgehead atoms. The number of amides is 1. The SMILES string of the molecule is CCOc1cccc(-n2c(O)c(/C=C3/C(=O)N(c4ccccc4)N=C3C)c(=O)[nH]c2=S)c1. The van der Waals surface area contributed by atoms with Crippen molar-refractivity contribution >= 4 is 35.6 Å². The summed E-state index contributed by atoms with van der Waals surface area (Å²) < 4.78 is 6.84.